The molecule has 0 radical (unpaired) electrons. The molecule has 3 rings (SSSR count). The Morgan fingerprint density at radius 1 is 1.10 bits per heavy atom. The lowest BCUT2D eigenvalue weighted by Crippen LogP contribution is -2.34. The third-order valence-electron chi connectivity index (χ3n) is 5.79. The first-order valence-electron chi connectivity index (χ1n) is 11.9. The van der Waals surface area contributed by atoms with Gasteiger partial charge in [0.25, 0.3) is 17.8 Å². The van der Waals surface area contributed by atoms with Gasteiger partial charge < -0.3 is 20.7 Å². The van der Waals surface area contributed by atoms with Gasteiger partial charge in [-0.15, -0.1) is 0 Å². The van der Waals surface area contributed by atoms with E-state index in [1.54, 1.807) is 0 Å². The number of halogens is 8. The maximum absolute atomic E-state index is 15.3. The fourth-order valence-corrected chi connectivity index (χ4v) is 3.94. The number of allylic oxidation sites excluding steroid dienone is 1. The number of alkyl halides is 7. The topological polar surface area (TPSA) is 102 Å². The largest absolute Gasteiger partial charge is 0.487 e. The van der Waals surface area contributed by atoms with Gasteiger partial charge in [0, 0.05) is 50.1 Å². The molecule has 1 heterocycles. The molecule has 1 aliphatic heterocycles. The number of nitrogens with two attached hydrogens (primary N) is 1. The molecule has 2 aromatic rings. The number of carbonyl (C=O) groups is 3. The van der Waals surface area contributed by atoms with Crippen molar-refractivity contribution >= 4 is 29.0 Å². The molecule has 41 heavy (non-hydrogen) atoms. The van der Waals surface area contributed by atoms with Crippen LogP contribution in [0.3, 0.4) is 0 Å². The Morgan fingerprint density at radius 2 is 1.78 bits per heavy atom. The first kappa shape index (κ1) is 31.4. The zero-order valence-electron chi connectivity index (χ0n) is 21.3. The van der Waals surface area contributed by atoms with E-state index in [-0.39, 0.29) is 13.0 Å². The van der Waals surface area contributed by atoms with E-state index < -0.39 is 94.8 Å². The third-order valence-corrected chi connectivity index (χ3v) is 5.79. The van der Waals surface area contributed by atoms with Gasteiger partial charge in [-0.05, 0) is 36.4 Å². The minimum atomic E-state index is -5.19. The number of ether oxygens (including phenoxy) is 1. The van der Waals surface area contributed by atoms with E-state index in [9.17, 15) is 40.7 Å². The lowest BCUT2D eigenvalue weighted by molar-refractivity contribution is -0.138. The van der Waals surface area contributed by atoms with Gasteiger partial charge in [0.15, 0.2) is 6.61 Å². The van der Waals surface area contributed by atoms with Crippen LogP contribution in [-0.4, -0.2) is 49.3 Å². The molecule has 0 bridgehead atoms. The van der Waals surface area contributed by atoms with Crippen molar-refractivity contribution in [2.24, 2.45) is 5.73 Å². The quantitative estimate of drug-likeness (QED) is 0.335. The summed E-state index contributed by atoms with van der Waals surface area (Å²) >= 11 is 0. The normalized spacial score (nSPS) is 16.1. The molecule has 3 N–H and O–H groups in total. The van der Waals surface area contributed by atoms with Gasteiger partial charge in [0.2, 0.25) is 11.8 Å². The SMILES string of the molecule is CC(F)(F)COc1ccc(C(=O)N2CCC(F)(F)/C(=C\C(=O)NCCC(N)=O)c3cc(F)ccc32)c(C(F)(F)F)c1. The summed E-state index contributed by atoms with van der Waals surface area (Å²) in [4.78, 5) is 37.2. The van der Waals surface area contributed by atoms with E-state index in [0.29, 0.717) is 36.1 Å². The highest BCUT2D eigenvalue weighted by Gasteiger charge is 2.43. The van der Waals surface area contributed by atoms with Crippen LogP contribution >= 0.6 is 0 Å². The number of carbonyl (C=O) groups excluding carboxylic acids is 3. The predicted octanol–water partition coefficient (Wildman–Crippen LogP) is 4.94. The summed E-state index contributed by atoms with van der Waals surface area (Å²) in [5, 5.41) is 2.17. The van der Waals surface area contributed by atoms with Crippen LogP contribution in [0.25, 0.3) is 5.57 Å². The maximum atomic E-state index is 15.3. The summed E-state index contributed by atoms with van der Waals surface area (Å²) in [6.07, 6.45) is -6.20. The fourth-order valence-electron chi connectivity index (χ4n) is 3.94. The molecule has 0 unspecified atom stereocenters. The van der Waals surface area contributed by atoms with Crippen LogP contribution in [0, 0.1) is 5.82 Å². The molecule has 0 fully saturated rings. The van der Waals surface area contributed by atoms with Crippen molar-refractivity contribution in [3.63, 3.8) is 0 Å². The monoisotopic (exact) mass is 593 g/mol. The number of anilines is 1. The Hall–Kier alpha value is -4.17. The lowest BCUT2D eigenvalue weighted by Gasteiger charge is -2.25. The first-order valence-corrected chi connectivity index (χ1v) is 11.9. The van der Waals surface area contributed by atoms with E-state index in [4.69, 9.17) is 10.5 Å². The zero-order chi connectivity index (χ0) is 30.8. The van der Waals surface area contributed by atoms with Crippen LogP contribution in [0.4, 0.5) is 40.8 Å². The van der Waals surface area contributed by atoms with Crippen LogP contribution in [0.2, 0.25) is 0 Å². The molecule has 1 aliphatic rings. The molecule has 0 atom stereocenters. The Balaban J connectivity index is 2.08. The minimum Gasteiger partial charge on any atom is -0.487 e. The van der Waals surface area contributed by atoms with Gasteiger partial charge >= 0.3 is 6.18 Å². The number of rotatable bonds is 8. The second-order valence-electron chi connectivity index (χ2n) is 9.20. The smallest absolute Gasteiger partial charge is 0.417 e. The molecule has 0 aromatic heterocycles. The van der Waals surface area contributed by atoms with Crippen molar-refractivity contribution in [1.82, 2.24) is 5.32 Å². The third kappa shape index (κ3) is 7.95. The summed E-state index contributed by atoms with van der Waals surface area (Å²) in [7, 11) is 0. The van der Waals surface area contributed by atoms with E-state index in [2.05, 4.69) is 5.32 Å². The molecular formula is C26H23F8N3O4. The predicted molar refractivity (Wildman–Crippen MR) is 130 cm³/mol. The number of amides is 3. The molecule has 0 saturated heterocycles. The van der Waals surface area contributed by atoms with Crippen LogP contribution in [-0.2, 0) is 15.8 Å². The zero-order valence-corrected chi connectivity index (χ0v) is 21.3. The molecule has 0 aliphatic carbocycles. The lowest BCUT2D eigenvalue weighted by atomic mass is 9.96. The average molecular weight is 593 g/mol. The second-order valence-corrected chi connectivity index (χ2v) is 9.20. The van der Waals surface area contributed by atoms with E-state index in [1.165, 1.54) is 0 Å². The summed E-state index contributed by atoms with van der Waals surface area (Å²) in [6, 6.07) is 4.12. The van der Waals surface area contributed by atoms with Crippen molar-refractivity contribution in [3.8, 4) is 5.75 Å². The van der Waals surface area contributed by atoms with Gasteiger partial charge in [-0.25, -0.2) is 22.0 Å². The number of nitrogens with one attached hydrogen (secondary N) is 1. The fraction of sp³-hybridized carbons (Fsp3) is 0.346. The Kier molecular flexibility index (Phi) is 8.98. The number of primary amides is 1. The minimum absolute atomic E-state index is 0.292. The summed E-state index contributed by atoms with van der Waals surface area (Å²) in [5.74, 6) is -12.2. The molecule has 0 saturated carbocycles. The number of benzene rings is 2. The van der Waals surface area contributed by atoms with Crippen molar-refractivity contribution in [3.05, 3.63) is 65.0 Å². The Bertz CT molecular complexity index is 1370. The Labute approximate surface area is 227 Å². The molecule has 0 spiro atoms. The van der Waals surface area contributed by atoms with Crippen molar-refractivity contribution in [2.75, 3.05) is 24.6 Å². The van der Waals surface area contributed by atoms with E-state index in [0.717, 1.165) is 18.2 Å². The first-order chi connectivity index (χ1) is 18.9. The summed E-state index contributed by atoms with van der Waals surface area (Å²) in [6.45, 7) is -1.90. The number of fused-ring (bicyclic) bond motifs is 1. The highest BCUT2D eigenvalue weighted by molar-refractivity contribution is 6.10. The summed E-state index contributed by atoms with van der Waals surface area (Å²) in [5.41, 5.74) is 0.311. The molecule has 222 valence electrons. The van der Waals surface area contributed by atoms with Gasteiger partial charge in [-0.2, -0.15) is 13.2 Å². The molecule has 7 nitrogen and oxygen atoms in total. The number of nitrogens with zero attached hydrogens (tertiary/aromatic N) is 1. The van der Waals surface area contributed by atoms with E-state index >= 15 is 8.78 Å². The standard InChI is InChI=1S/C26H23F8N3O4/c1-24(28,29)13-41-15-3-4-16(19(11-15)26(32,33)34)23(40)37-9-7-25(30,31)18(12-22(39)36-8-6-21(35)38)17-10-14(27)2-5-20(17)37/h2-5,10-12H,6-9,13H2,1H3,(H2,35,38)(H,36,39)/b18-12-. The Morgan fingerprint density at radius 3 is 2.39 bits per heavy atom. The van der Waals surface area contributed by atoms with Gasteiger partial charge in [0.1, 0.15) is 11.6 Å². The average Bonchev–Trinajstić information content (AvgIpc) is 2.95. The van der Waals surface area contributed by atoms with Crippen molar-refractivity contribution in [1.29, 1.82) is 0 Å². The highest BCUT2D eigenvalue weighted by atomic mass is 19.4. The van der Waals surface area contributed by atoms with E-state index in [1.807, 2.05) is 0 Å². The van der Waals surface area contributed by atoms with Crippen LogP contribution in [0.5, 0.6) is 5.75 Å². The molecule has 3 amide bonds. The van der Waals surface area contributed by atoms with Crippen LogP contribution < -0.4 is 20.7 Å². The number of hydrogen-bond acceptors (Lipinski definition) is 4. The molecular weight excluding hydrogens is 570 g/mol. The van der Waals surface area contributed by atoms with Crippen LogP contribution in [0.15, 0.2) is 42.5 Å². The van der Waals surface area contributed by atoms with Crippen molar-refractivity contribution in [2.45, 2.75) is 37.8 Å². The number of hydrogen-bond donors (Lipinski definition) is 2. The highest BCUT2D eigenvalue weighted by Crippen LogP contribution is 2.44. The summed E-state index contributed by atoms with van der Waals surface area (Å²) < 4.78 is 117. The van der Waals surface area contributed by atoms with Crippen LogP contribution in [0.1, 0.15) is 41.3 Å². The molecule has 15 heteroatoms. The maximum Gasteiger partial charge on any atom is 0.417 e. The second kappa shape index (κ2) is 11.7. The molecule has 2 aromatic carbocycles. The van der Waals surface area contributed by atoms with Gasteiger partial charge in [-0.3, -0.25) is 14.4 Å². The van der Waals surface area contributed by atoms with Gasteiger partial charge in [-0.1, -0.05) is 0 Å². The van der Waals surface area contributed by atoms with Crippen molar-refractivity contribution < 1.29 is 54.2 Å². The van der Waals surface area contributed by atoms with Gasteiger partial charge in [0.05, 0.1) is 16.8 Å².